The second kappa shape index (κ2) is 3.30. The Kier molecular flexibility index (Phi) is 2.59. The lowest BCUT2D eigenvalue weighted by molar-refractivity contribution is -0.115. The van der Waals surface area contributed by atoms with E-state index in [0.29, 0.717) is 6.29 Å². The molecule has 0 aliphatic carbocycles. The summed E-state index contributed by atoms with van der Waals surface area (Å²) in [6.07, 6.45) is -1.03. The zero-order valence-corrected chi connectivity index (χ0v) is 6.30. The molecule has 1 heterocycles. The van der Waals surface area contributed by atoms with Crippen molar-refractivity contribution in [1.82, 2.24) is 0 Å². The van der Waals surface area contributed by atoms with Gasteiger partial charge in [0.25, 0.3) is 0 Å². The molecule has 1 fully saturated rings. The third-order valence-electron chi connectivity index (χ3n) is 2.03. The zero-order valence-electron chi connectivity index (χ0n) is 6.30. The van der Waals surface area contributed by atoms with Crippen LogP contribution >= 0.6 is 0 Å². The topological polar surface area (TPSA) is 66.8 Å². The van der Waals surface area contributed by atoms with Gasteiger partial charge in [-0.05, 0) is 6.92 Å². The summed E-state index contributed by atoms with van der Waals surface area (Å²) in [4.78, 5) is 10.4. The molecule has 0 radical (unpaired) electrons. The van der Waals surface area contributed by atoms with Gasteiger partial charge < -0.3 is 19.7 Å². The smallest absolute Gasteiger partial charge is 0.128 e. The molecule has 0 amide bonds. The molecular formula is C7H12O4. The molecule has 2 N–H and O–H groups in total. The first-order valence-corrected chi connectivity index (χ1v) is 3.60. The van der Waals surface area contributed by atoms with E-state index in [0.717, 1.165) is 0 Å². The van der Waals surface area contributed by atoms with Gasteiger partial charge >= 0.3 is 0 Å². The van der Waals surface area contributed by atoms with Gasteiger partial charge in [0, 0.05) is 0 Å². The third-order valence-corrected chi connectivity index (χ3v) is 2.03. The molecule has 1 rings (SSSR count). The lowest BCUT2D eigenvalue weighted by Crippen LogP contribution is -2.28. The van der Waals surface area contributed by atoms with E-state index in [9.17, 15) is 9.90 Å². The summed E-state index contributed by atoms with van der Waals surface area (Å²) in [6, 6.07) is 0. The van der Waals surface area contributed by atoms with Crippen molar-refractivity contribution in [3.63, 3.8) is 0 Å². The molecule has 4 atom stereocenters. The van der Waals surface area contributed by atoms with Gasteiger partial charge in [0.1, 0.15) is 6.29 Å². The van der Waals surface area contributed by atoms with Gasteiger partial charge in [0.2, 0.25) is 0 Å². The van der Waals surface area contributed by atoms with Crippen molar-refractivity contribution in [2.45, 2.75) is 25.2 Å². The van der Waals surface area contributed by atoms with Crippen molar-refractivity contribution in [3.8, 4) is 0 Å². The van der Waals surface area contributed by atoms with Gasteiger partial charge in [-0.15, -0.1) is 0 Å². The Hall–Kier alpha value is -0.450. The van der Waals surface area contributed by atoms with E-state index in [4.69, 9.17) is 9.84 Å². The molecule has 1 unspecified atom stereocenters. The number of aldehydes is 1. The summed E-state index contributed by atoms with van der Waals surface area (Å²) in [6.45, 7) is 1.46. The minimum Gasteiger partial charge on any atom is -0.394 e. The molecular weight excluding hydrogens is 148 g/mol. The number of hydrogen-bond donors (Lipinski definition) is 2. The second-order valence-electron chi connectivity index (χ2n) is 2.77. The summed E-state index contributed by atoms with van der Waals surface area (Å²) in [7, 11) is 0. The van der Waals surface area contributed by atoms with Crippen LogP contribution in [0.15, 0.2) is 0 Å². The maximum absolute atomic E-state index is 10.4. The summed E-state index contributed by atoms with van der Waals surface area (Å²) >= 11 is 0. The van der Waals surface area contributed by atoms with Crippen LogP contribution in [0.4, 0.5) is 0 Å². The Labute approximate surface area is 64.8 Å². The normalized spacial score (nSPS) is 44.3. The molecule has 64 valence electrons. The van der Waals surface area contributed by atoms with E-state index in [1.807, 2.05) is 0 Å². The van der Waals surface area contributed by atoms with Crippen LogP contribution in [0.2, 0.25) is 0 Å². The van der Waals surface area contributed by atoms with Crippen LogP contribution in [0.5, 0.6) is 0 Å². The zero-order chi connectivity index (χ0) is 8.43. The number of ether oxygens (including phenoxy) is 1. The highest BCUT2D eigenvalue weighted by atomic mass is 16.5. The Morgan fingerprint density at radius 2 is 2.27 bits per heavy atom. The van der Waals surface area contributed by atoms with Gasteiger partial charge in [0.15, 0.2) is 0 Å². The molecule has 0 bridgehead atoms. The highest BCUT2D eigenvalue weighted by Crippen LogP contribution is 2.24. The molecule has 0 saturated carbocycles. The van der Waals surface area contributed by atoms with Gasteiger partial charge in [-0.2, -0.15) is 0 Å². The van der Waals surface area contributed by atoms with Crippen molar-refractivity contribution < 1.29 is 19.7 Å². The third kappa shape index (κ3) is 1.42. The van der Waals surface area contributed by atoms with Crippen LogP contribution in [0, 0.1) is 5.92 Å². The number of rotatable bonds is 2. The van der Waals surface area contributed by atoms with Crippen molar-refractivity contribution in [1.29, 1.82) is 0 Å². The molecule has 4 nitrogen and oxygen atoms in total. The number of aliphatic hydroxyl groups excluding tert-OH is 2. The van der Waals surface area contributed by atoms with Gasteiger partial charge in [-0.1, -0.05) is 0 Å². The molecule has 1 aliphatic rings. The molecule has 0 aromatic heterocycles. The quantitative estimate of drug-likeness (QED) is 0.505. The van der Waals surface area contributed by atoms with Crippen LogP contribution < -0.4 is 0 Å². The highest BCUT2D eigenvalue weighted by molar-refractivity contribution is 5.56. The molecule has 1 saturated heterocycles. The van der Waals surface area contributed by atoms with E-state index in [2.05, 4.69) is 0 Å². The summed E-state index contributed by atoms with van der Waals surface area (Å²) in [5.74, 6) is -0.574. The molecule has 1 aliphatic heterocycles. The molecule has 0 aromatic rings. The fourth-order valence-electron chi connectivity index (χ4n) is 1.31. The fourth-order valence-corrected chi connectivity index (χ4v) is 1.31. The largest absolute Gasteiger partial charge is 0.394 e. The van der Waals surface area contributed by atoms with E-state index in [-0.39, 0.29) is 12.7 Å². The Morgan fingerprint density at radius 3 is 2.64 bits per heavy atom. The van der Waals surface area contributed by atoms with E-state index >= 15 is 0 Å². The number of hydrogen-bond acceptors (Lipinski definition) is 4. The average molecular weight is 160 g/mol. The maximum atomic E-state index is 10.4. The standard InChI is InChI=1S/C7H12O4/c1-4-7(10)5(2-8)6(3-9)11-4/h2,4-7,9-10H,3H2,1H3/t4-,5-,6?,7-/m1/s1. The number of carbonyl (C=O) groups excluding carboxylic acids is 1. The highest BCUT2D eigenvalue weighted by Gasteiger charge is 2.40. The minimum absolute atomic E-state index is 0.217. The lowest BCUT2D eigenvalue weighted by atomic mass is 9.99. The van der Waals surface area contributed by atoms with Crippen molar-refractivity contribution in [3.05, 3.63) is 0 Å². The summed E-state index contributed by atoms with van der Waals surface area (Å²) < 4.78 is 5.09. The summed E-state index contributed by atoms with van der Waals surface area (Å²) in [5, 5.41) is 18.0. The minimum atomic E-state index is -0.773. The first-order valence-electron chi connectivity index (χ1n) is 3.60. The van der Waals surface area contributed by atoms with Gasteiger partial charge in [-0.3, -0.25) is 0 Å². The Balaban J connectivity index is 2.64. The van der Waals surface area contributed by atoms with Gasteiger partial charge in [0.05, 0.1) is 30.8 Å². The van der Waals surface area contributed by atoms with E-state index in [1.54, 1.807) is 6.92 Å². The predicted molar refractivity (Wildman–Crippen MR) is 37.0 cm³/mol. The fraction of sp³-hybridized carbons (Fsp3) is 0.857. The number of aliphatic hydroxyl groups is 2. The van der Waals surface area contributed by atoms with E-state index in [1.165, 1.54) is 0 Å². The molecule has 11 heavy (non-hydrogen) atoms. The first-order chi connectivity index (χ1) is 5.20. The van der Waals surface area contributed by atoms with Crippen LogP contribution in [-0.2, 0) is 9.53 Å². The van der Waals surface area contributed by atoms with E-state index < -0.39 is 18.1 Å². The van der Waals surface area contributed by atoms with Crippen LogP contribution in [-0.4, -0.2) is 41.4 Å². The van der Waals surface area contributed by atoms with Crippen molar-refractivity contribution in [2.75, 3.05) is 6.61 Å². The van der Waals surface area contributed by atoms with Crippen LogP contribution in [0.25, 0.3) is 0 Å². The van der Waals surface area contributed by atoms with Crippen LogP contribution in [0.3, 0.4) is 0 Å². The lowest BCUT2D eigenvalue weighted by Gasteiger charge is -2.10. The Bertz CT molecular complexity index is 147. The summed E-state index contributed by atoms with van der Waals surface area (Å²) in [5.41, 5.74) is 0. The monoisotopic (exact) mass is 160 g/mol. The van der Waals surface area contributed by atoms with Crippen molar-refractivity contribution >= 4 is 6.29 Å². The second-order valence-corrected chi connectivity index (χ2v) is 2.77. The van der Waals surface area contributed by atoms with Gasteiger partial charge in [-0.25, -0.2) is 0 Å². The molecule has 0 spiro atoms. The number of carbonyl (C=O) groups is 1. The first kappa shape index (κ1) is 8.64. The Morgan fingerprint density at radius 1 is 1.64 bits per heavy atom. The average Bonchev–Trinajstić information content (AvgIpc) is 2.28. The predicted octanol–water partition coefficient (Wildman–Crippen LogP) is -1.06. The maximum Gasteiger partial charge on any atom is 0.128 e. The molecule has 4 heteroatoms. The van der Waals surface area contributed by atoms with Crippen LogP contribution in [0.1, 0.15) is 6.92 Å². The molecule has 0 aromatic carbocycles. The van der Waals surface area contributed by atoms with Crippen molar-refractivity contribution in [2.24, 2.45) is 5.92 Å². The SMILES string of the molecule is C[C@H]1OC(CO)[C@@H](C=O)[C@@H]1O.